The SMILES string of the molecule is NC(=O)c1ccc(Cn2cc(I)c(=O)[nH]c2=O)cc1. The Morgan fingerprint density at radius 3 is 2.47 bits per heavy atom. The number of hydrogen-bond donors (Lipinski definition) is 2. The third-order valence-corrected chi connectivity index (χ3v) is 3.33. The van der Waals surface area contributed by atoms with E-state index in [1.807, 2.05) is 22.6 Å². The lowest BCUT2D eigenvalue weighted by molar-refractivity contribution is 0.100. The summed E-state index contributed by atoms with van der Waals surface area (Å²) >= 11 is 1.86. The number of benzene rings is 1. The predicted molar refractivity (Wildman–Crippen MR) is 78.1 cm³/mol. The molecule has 0 aliphatic heterocycles. The molecule has 0 unspecified atom stereocenters. The second kappa shape index (κ2) is 5.39. The van der Waals surface area contributed by atoms with Gasteiger partial charge < -0.3 is 5.73 Å². The van der Waals surface area contributed by atoms with Crippen molar-refractivity contribution in [2.75, 3.05) is 0 Å². The van der Waals surface area contributed by atoms with Crippen LogP contribution in [0, 0.1) is 3.57 Å². The molecule has 1 aromatic carbocycles. The summed E-state index contributed by atoms with van der Waals surface area (Å²) < 4.78 is 1.83. The molecule has 0 bridgehead atoms. The van der Waals surface area contributed by atoms with Crippen LogP contribution >= 0.6 is 22.6 Å². The highest BCUT2D eigenvalue weighted by atomic mass is 127. The van der Waals surface area contributed by atoms with Crippen molar-refractivity contribution in [3.05, 3.63) is 66.0 Å². The molecule has 2 rings (SSSR count). The van der Waals surface area contributed by atoms with Gasteiger partial charge in [0.1, 0.15) is 0 Å². The number of carbonyl (C=O) groups is 1. The van der Waals surface area contributed by atoms with Crippen LogP contribution in [0.15, 0.2) is 40.1 Å². The zero-order chi connectivity index (χ0) is 14.0. The normalized spacial score (nSPS) is 10.4. The predicted octanol–water partition coefficient (Wildman–Crippen LogP) is 0.288. The molecule has 1 amide bonds. The van der Waals surface area contributed by atoms with Crippen LogP contribution in [0.3, 0.4) is 0 Å². The highest BCUT2D eigenvalue weighted by Crippen LogP contribution is 2.05. The summed E-state index contributed by atoms with van der Waals surface area (Å²) in [4.78, 5) is 36.0. The molecule has 2 aromatic rings. The Morgan fingerprint density at radius 2 is 1.89 bits per heavy atom. The van der Waals surface area contributed by atoms with E-state index in [-0.39, 0.29) is 0 Å². The topological polar surface area (TPSA) is 97.9 Å². The number of rotatable bonds is 3. The molecular formula is C12H10IN3O3. The van der Waals surface area contributed by atoms with Gasteiger partial charge in [0.25, 0.3) is 5.56 Å². The Hall–Kier alpha value is -1.90. The third-order valence-electron chi connectivity index (χ3n) is 2.56. The van der Waals surface area contributed by atoms with E-state index in [9.17, 15) is 14.4 Å². The lowest BCUT2D eigenvalue weighted by Gasteiger charge is -2.06. The molecule has 19 heavy (non-hydrogen) atoms. The highest BCUT2D eigenvalue weighted by molar-refractivity contribution is 14.1. The molecule has 0 fully saturated rings. The fourth-order valence-corrected chi connectivity index (χ4v) is 2.04. The number of primary amides is 1. The van der Waals surface area contributed by atoms with E-state index in [1.54, 1.807) is 24.3 Å². The second-order valence-corrected chi connectivity index (χ2v) is 5.09. The van der Waals surface area contributed by atoms with Gasteiger partial charge in [0.2, 0.25) is 5.91 Å². The summed E-state index contributed by atoms with van der Waals surface area (Å²) in [6, 6.07) is 6.62. The van der Waals surface area contributed by atoms with Crippen molar-refractivity contribution in [1.29, 1.82) is 0 Å². The molecular weight excluding hydrogens is 361 g/mol. The van der Waals surface area contributed by atoms with Gasteiger partial charge >= 0.3 is 5.69 Å². The maximum Gasteiger partial charge on any atom is 0.328 e. The average Bonchev–Trinajstić information content (AvgIpc) is 2.36. The number of nitrogens with two attached hydrogens (primary N) is 1. The first-order valence-electron chi connectivity index (χ1n) is 5.35. The monoisotopic (exact) mass is 371 g/mol. The summed E-state index contributed by atoms with van der Waals surface area (Å²) in [6.45, 7) is 0.310. The van der Waals surface area contributed by atoms with Crippen LogP contribution in [0.1, 0.15) is 15.9 Å². The molecule has 3 N–H and O–H groups in total. The number of hydrogen-bond acceptors (Lipinski definition) is 3. The molecule has 6 nitrogen and oxygen atoms in total. The number of aromatic nitrogens is 2. The number of aromatic amines is 1. The molecule has 98 valence electrons. The fraction of sp³-hybridized carbons (Fsp3) is 0.0833. The van der Waals surface area contributed by atoms with Crippen molar-refractivity contribution < 1.29 is 4.79 Å². The van der Waals surface area contributed by atoms with E-state index < -0.39 is 17.2 Å². The van der Waals surface area contributed by atoms with Gasteiger partial charge in [-0.3, -0.25) is 19.1 Å². The van der Waals surface area contributed by atoms with Gasteiger partial charge in [-0.2, -0.15) is 0 Å². The first kappa shape index (κ1) is 13.5. The minimum Gasteiger partial charge on any atom is -0.366 e. The fourth-order valence-electron chi connectivity index (χ4n) is 1.57. The molecule has 7 heteroatoms. The minimum atomic E-state index is -0.498. The number of H-pyrrole nitrogens is 1. The minimum absolute atomic E-state index is 0.310. The Morgan fingerprint density at radius 1 is 1.26 bits per heavy atom. The standard InChI is InChI=1S/C12H10IN3O3/c13-9-6-16(12(19)15-11(9)18)5-7-1-3-8(4-2-7)10(14)17/h1-4,6H,5H2,(H2,14,17)(H,15,18,19). The van der Waals surface area contributed by atoms with E-state index in [2.05, 4.69) is 4.98 Å². The Labute approximate surface area is 121 Å². The van der Waals surface area contributed by atoms with Crippen molar-refractivity contribution in [2.45, 2.75) is 6.54 Å². The lowest BCUT2D eigenvalue weighted by atomic mass is 10.1. The van der Waals surface area contributed by atoms with Gasteiger partial charge in [-0.05, 0) is 40.3 Å². The summed E-state index contributed by atoms with van der Waals surface area (Å²) in [5.74, 6) is -0.498. The van der Waals surface area contributed by atoms with E-state index in [0.29, 0.717) is 15.7 Å². The summed E-state index contributed by atoms with van der Waals surface area (Å²) in [5, 5.41) is 0. The van der Waals surface area contributed by atoms with Gasteiger partial charge in [-0.15, -0.1) is 0 Å². The van der Waals surface area contributed by atoms with Crippen LogP contribution in [0.4, 0.5) is 0 Å². The van der Waals surface area contributed by atoms with Crippen molar-refractivity contribution in [2.24, 2.45) is 5.73 Å². The van der Waals surface area contributed by atoms with E-state index >= 15 is 0 Å². The van der Waals surface area contributed by atoms with Crippen LogP contribution in [0.5, 0.6) is 0 Å². The Kier molecular flexibility index (Phi) is 3.84. The van der Waals surface area contributed by atoms with Crippen LogP contribution in [-0.2, 0) is 6.54 Å². The molecule has 1 aromatic heterocycles. The average molecular weight is 371 g/mol. The van der Waals surface area contributed by atoms with Crippen LogP contribution < -0.4 is 17.0 Å². The van der Waals surface area contributed by atoms with Gasteiger partial charge in [0.05, 0.1) is 10.1 Å². The Balaban J connectivity index is 2.31. The molecule has 1 heterocycles. The number of halogens is 1. The number of carbonyl (C=O) groups excluding carboxylic acids is 1. The van der Waals surface area contributed by atoms with Gasteiger partial charge in [-0.25, -0.2) is 4.79 Å². The largest absolute Gasteiger partial charge is 0.366 e. The van der Waals surface area contributed by atoms with E-state index in [4.69, 9.17) is 5.73 Å². The van der Waals surface area contributed by atoms with E-state index in [1.165, 1.54) is 10.8 Å². The molecule has 0 atom stereocenters. The van der Waals surface area contributed by atoms with E-state index in [0.717, 1.165) is 5.56 Å². The smallest absolute Gasteiger partial charge is 0.328 e. The first-order valence-corrected chi connectivity index (χ1v) is 6.43. The summed E-state index contributed by atoms with van der Waals surface area (Å²) in [5.41, 5.74) is 5.51. The maximum absolute atomic E-state index is 11.6. The Bertz CT molecular complexity index is 731. The van der Waals surface area contributed by atoms with Crippen molar-refractivity contribution in [1.82, 2.24) is 9.55 Å². The molecule has 0 radical (unpaired) electrons. The van der Waals surface area contributed by atoms with Crippen LogP contribution in [-0.4, -0.2) is 15.5 Å². The molecule has 0 aliphatic carbocycles. The van der Waals surface area contributed by atoms with Gasteiger partial charge in [0, 0.05) is 11.8 Å². The number of nitrogens with zero attached hydrogens (tertiary/aromatic N) is 1. The zero-order valence-electron chi connectivity index (χ0n) is 9.72. The number of nitrogens with one attached hydrogen (secondary N) is 1. The molecule has 0 aliphatic rings. The molecule has 0 saturated carbocycles. The maximum atomic E-state index is 11.6. The third kappa shape index (κ3) is 3.11. The quantitative estimate of drug-likeness (QED) is 0.759. The van der Waals surface area contributed by atoms with Gasteiger partial charge in [-0.1, -0.05) is 12.1 Å². The summed E-state index contributed by atoms with van der Waals surface area (Å²) in [7, 11) is 0. The van der Waals surface area contributed by atoms with Crippen LogP contribution in [0.25, 0.3) is 0 Å². The van der Waals surface area contributed by atoms with Gasteiger partial charge in [0.15, 0.2) is 0 Å². The van der Waals surface area contributed by atoms with Crippen molar-refractivity contribution in [3.63, 3.8) is 0 Å². The van der Waals surface area contributed by atoms with Crippen molar-refractivity contribution in [3.8, 4) is 0 Å². The molecule has 0 saturated heterocycles. The highest BCUT2D eigenvalue weighted by Gasteiger charge is 2.04. The van der Waals surface area contributed by atoms with Crippen LogP contribution in [0.2, 0.25) is 0 Å². The molecule has 0 spiro atoms. The zero-order valence-corrected chi connectivity index (χ0v) is 11.9. The van der Waals surface area contributed by atoms with Crippen molar-refractivity contribution >= 4 is 28.5 Å². The summed E-state index contributed by atoms with van der Waals surface area (Å²) in [6.07, 6.45) is 1.49. The second-order valence-electron chi connectivity index (χ2n) is 3.93. The number of amides is 1. The first-order chi connectivity index (χ1) is 8.97. The lowest BCUT2D eigenvalue weighted by Crippen LogP contribution is -2.31.